The normalized spacial score (nSPS) is 13.4. The van der Waals surface area contributed by atoms with E-state index in [9.17, 15) is 4.79 Å². The largest absolute Gasteiger partial charge is 0.497 e. The van der Waals surface area contributed by atoms with Crippen LogP contribution in [0.15, 0.2) is 48.5 Å². The van der Waals surface area contributed by atoms with Crippen molar-refractivity contribution >= 4 is 5.91 Å². The number of para-hydroxylation sites is 1. The number of hydrogen-bond acceptors (Lipinski definition) is 4. The van der Waals surface area contributed by atoms with E-state index in [1.165, 1.54) is 18.4 Å². The Bertz CT molecular complexity index is 741. The van der Waals surface area contributed by atoms with Gasteiger partial charge in [-0.2, -0.15) is 0 Å². The number of carbonyl (C=O) groups excluding carboxylic acids is 1. The first-order valence-corrected chi connectivity index (χ1v) is 9.45. The Balaban J connectivity index is 1.48. The van der Waals surface area contributed by atoms with Crippen LogP contribution in [0.25, 0.3) is 0 Å². The molecular weight excluding hydrogens is 340 g/mol. The van der Waals surface area contributed by atoms with Gasteiger partial charge in [-0.15, -0.1) is 0 Å². The number of carbonyl (C=O) groups is 1. The molecule has 0 heterocycles. The third-order valence-electron chi connectivity index (χ3n) is 4.86. The Morgan fingerprint density at radius 2 is 1.81 bits per heavy atom. The van der Waals surface area contributed by atoms with Crippen LogP contribution in [0.2, 0.25) is 0 Å². The smallest absolute Gasteiger partial charge is 0.234 e. The Kier molecular flexibility index (Phi) is 6.71. The van der Waals surface area contributed by atoms with Gasteiger partial charge in [0.05, 0.1) is 20.8 Å². The molecule has 0 saturated heterocycles. The molecular formula is C22H28N2O3. The molecule has 3 rings (SSSR count). The van der Waals surface area contributed by atoms with E-state index in [1.54, 1.807) is 14.2 Å². The molecule has 2 aromatic carbocycles. The second-order valence-corrected chi connectivity index (χ2v) is 6.90. The summed E-state index contributed by atoms with van der Waals surface area (Å²) in [6, 6.07) is 16.5. The fourth-order valence-electron chi connectivity index (χ4n) is 3.21. The molecule has 0 atom stereocenters. The van der Waals surface area contributed by atoms with Crippen molar-refractivity contribution in [1.82, 2.24) is 10.2 Å². The Morgan fingerprint density at radius 1 is 1.07 bits per heavy atom. The van der Waals surface area contributed by atoms with E-state index in [4.69, 9.17) is 9.47 Å². The lowest BCUT2D eigenvalue weighted by molar-refractivity contribution is -0.122. The number of methoxy groups -OCH3 is 2. The molecule has 2 aromatic rings. The van der Waals surface area contributed by atoms with Crippen LogP contribution in [-0.2, 0) is 17.8 Å². The maximum Gasteiger partial charge on any atom is 0.234 e. The van der Waals surface area contributed by atoms with E-state index in [0.717, 1.165) is 30.0 Å². The number of ether oxygens (including phenoxy) is 2. The zero-order valence-corrected chi connectivity index (χ0v) is 16.1. The average molecular weight is 368 g/mol. The third-order valence-corrected chi connectivity index (χ3v) is 4.86. The fraction of sp³-hybridized carbons (Fsp3) is 0.409. The monoisotopic (exact) mass is 368 g/mol. The lowest BCUT2D eigenvalue weighted by atomic mass is 10.1. The number of nitrogens with zero attached hydrogens (tertiary/aromatic N) is 1. The SMILES string of the molecule is COc1ccc(CN(CC(=O)NCCc2ccccc2OC)C2CC2)cc1. The second-order valence-electron chi connectivity index (χ2n) is 6.90. The first kappa shape index (κ1) is 19.2. The van der Waals surface area contributed by atoms with Crippen LogP contribution in [0.5, 0.6) is 11.5 Å². The van der Waals surface area contributed by atoms with E-state index < -0.39 is 0 Å². The zero-order chi connectivity index (χ0) is 19.1. The van der Waals surface area contributed by atoms with Crippen LogP contribution >= 0.6 is 0 Å². The first-order valence-electron chi connectivity index (χ1n) is 9.45. The third kappa shape index (κ3) is 5.73. The van der Waals surface area contributed by atoms with Gasteiger partial charge in [-0.1, -0.05) is 30.3 Å². The molecule has 0 spiro atoms. The molecule has 1 aliphatic rings. The molecule has 1 fully saturated rings. The summed E-state index contributed by atoms with van der Waals surface area (Å²) >= 11 is 0. The van der Waals surface area contributed by atoms with Gasteiger partial charge in [0, 0.05) is 19.1 Å². The quantitative estimate of drug-likeness (QED) is 0.700. The number of benzene rings is 2. The van der Waals surface area contributed by atoms with Crippen LogP contribution in [0, 0.1) is 0 Å². The number of rotatable bonds is 10. The summed E-state index contributed by atoms with van der Waals surface area (Å²) in [5.74, 6) is 1.79. The van der Waals surface area contributed by atoms with Gasteiger partial charge in [-0.25, -0.2) is 0 Å². The van der Waals surface area contributed by atoms with Crippen LogP contribution < -0.4 is 14.8 Å². The minimum Gasteiger partial charge on any atom is -0.497 e. The van der Waals surface area contributed by atoms with Crippen molar-refractivity contribution in [2.45, 2.75) is 31.8 Å². The van der Waals surface area contributed by atoms with Crippen molar-refractivity contribution in [3.8, 4) is 11.5 Å². The topological polar surface area (TPSA) is 50.8 Å². The Hall–Kier alpha value is -2.53. The van der Waals surface area contributed by atoms with Crippen LogP contribution in [0.3, 0.4) is 0 Å². The number of nitrogens with one attached hydrogen (secondary N) is 1. The van der Waals surface area contributed by atoms with Crippen molar-refractivity contribution < 1.29 is 14.3 Å². The van der Waals surface area contributed by atoms with Crippen molar-refractivity contribution in [1.29, 1.82) is 0 Å². The van der Waals surface area contributed by atoms with E-state index in [-0.39, 0.29) is 5.91 Å². The highest BCUT2D eigenvalue weighted by molar-refractivity contribution is 5.78. The minimum absolute atomic E-state index is 0.0744. The zero-order valence-electron chi connectivity index (χ0n) is 16.1. The van der Waals surface area contributed by atoms with Gasteiger partial charge in [-0.3, -0.25) is 9.69 Å². The van der Waals surface area contributed by atoms with Gasteiger partial charge in [0.25, 0.3) is 0 Å². The van der Waals surface area contributed by atoms with Crippen LogP contribution in [0.1, 0.15) is 24.0 Å². The summed E-state index contributed by atoms with van der Waals surface area (Å²) in [4.78, 5) is 14.7. The molecule has 1 saturated carbocycles. The summed E-state index contributed by atoms with van der Waals surface area (Å²) < 4.78 is 10.6. The highest BCUT2D eigenvalue weighted by atomic mass is 16.5. The molecule has 1 N–H and O–H groups in total. The predicted molar refractivity (Wildman–Crippen MR) is 106 cm³/mol. The van der Waals surface area contributed by atoms with Gasteiger partial charge in [0.1, 0.15) is 11.5 Å². The lowest BCUT2D eigenvalue weighted by Crippen LogP contribution is -2.38. The van der Waals surface area contributed by atoms with Crippen LogP contribution in [-0.4, -0.2) is 44.2 Å². The molecule has 5 heteroatoms. The van der Waals surface area contributed by atoms with Gasteiger partial charge in [0.2, 0.25) is 5.91 Å². The standard InChI is InChI=1S/C22H28N2O3/c1-26-20-11-7-17(8-12-20)15-24(19-9-10-19)16-22(25)23-14-13-18-5-3-4-6-21(18)27-2/h3-8,11-12,19H,9-10,13-16H2,1-2H3,(H,23,25). The molecule has 0 unspecified atom stereocenters. The molecule has 0 bridgehead atoms. The Labute approximate surface area is 161 Å². The predicted octanol–water partition coefficient (Wildman–Crippen LogP) is 3.03. The molecule has 0 aromatic heterocycles. The van der Waals surface area contributed by atoms with Crippen molar-refractivity contribution in [2.75, 3.05) is 27.3 Å². The molecule has 5 nitrogen and oxygen atoms in total. The molecule has 0 aliphatic heterocycles. The maximum absolute atomic E-state index is 12.4. The highest BCUT2D eigenvalue weighted by Crippen LogP contribution is 2.28. The molecule has 144 valence electrons. The fourth-order valence-corrected chi connectivity index (χ4v) is 3.21. The summed E-state index contributed by atoms with van der Waals surface area (Å²) in [6.07, 6.45) is 3.10. The maximum atomic E-state index is 12.4. The van der Waals surface area contributed by atoms with E-state index >= 15 is 0 Å². The first-order chi connectivity index (χ1) is 13.2. The molecule has 1 amide bonds. The van der Waals surface area contributed by atoms with Crippen molar-refractivity contribution in [3.63, 3.8) is 0 Å². The van der Waals surface area contributed by atoms with E-state index in [1.807, 2.05) is 36.4 Å². The summed E-state index contributed by atoms with van der Waals surface area (Å²) in [5.41, 5.74) is 2.31. The van der Waals surface area contributed by atoms with Gasteiger partial charge in [0.15, 0.2) is 0 Å². The summed E-state index contributed by atoms with van der Waals surface area (Å²) in [6.45, 7) is 1.83. The Morgan fingerprint density at radius 3 is 2.48 bits per heavy atom. The summed E-state index contributed by atoms with van der Waals surface area (Å²) in [7, 11) is 3.34. The van der Waals surface area contributed by atoms with Gasteiger partial charge >= 0.3 is 0 Å². The minimum atomic E-state index is 0.0744. The van der Waals surface area contributed by atoms with Crippen molar-refractivity contribution in [3.05, 3.63) is 59.7 Å². The van der Waals surface area contributed by atoms with Crippen molar-refractivity contribution in [2.24, 2.45) is 0 Å². The molecule has 27 heavy (non-hydrogen) atoms. The lowest BCUT2D eigenvalue weighted by Gasteiger charge is -2.21. The molecule has 0 radical (unpaired) electrons. The average Bonchev–Trinajstić information content (AvgIpc) is 3.54. The number of amides is 1. The molecule has 1 aliphatic carbocycles. The summed E-state index contributed by atoms with van der Waals surface area (Å²) in [5, 5.41) is 3.04. The van der Waals surface area contributed by atoms with Gasteiger partial charge in [-0.05, 0) is 48.6 Å². The second kappa shape index (κ2) is 9.42. The number of hydrogen-bond donors (Lipinski definition) is 1. The van der Waals surface area contributed by atoms with E-state index in [0.29, 0.717) is 19.1 Å². The highest BCUT2D eigenvalue weighted by Gasteiger charge is 2.30. The van der Waals surface area contributed by atoms with E-state index in [2.05, 4.69) is 22.3 Å². The van der Waals surface area contributed by atoms with Crippen LogP contribution in [0.4, 0.5) is 0 Å². The van der Waals surface area contributed by atoms with Gasteiger partial charge < -0.3 is 14.8 Å².